The van der Waals surface area contributed by atoms with E-state index >= 15 is 0 Å². The summed E-state index contributed by atoms with van der Waals surface area (Å²) in [7, 11) is 0. The van der Waals surface area contributed by atoms with Gasteiger partial charge in [-0.2, -0.15) is 0 Å². The van der Waals surface area contributed by atoms with Gasteiger partial charge in [0.05, 0.1) is 0 Å². The third kappa shape index (κ3) is 4.72. The van der Waals surface area contributed by atoms with Gasteiger partial charge in [0.2, 0.25) is 5.91 Å². The van der Waals surface area contributed by atoms with Gasteiger partial charge in [0.1, 0.15) is 0 Å². The molecule has 1 aromatic rings. The van der Waals surface area contributed by atoms with E-state index in [0.717, 1.165) is 36.4 Å². The van der Waals surface area contributed by atoms with Crippen LogP contribution in [0.2, 0.25) is 5.02 Å². The molecule has 0 spiro atoms. The van der Waals surface area contributed by atoms with Crippen LogP contribution in [0.15, 0.2) is 24.3 Å². The summed E-state index contributed by atoms with van der Waals surface area (Å²) in [6.45, 7) is 4.52. The average molecular weight is 309 g/mol. The van der Waals surface area contributed by atoms with Gasteiger partial charge in [-0.3, -0.25) is 4.79 Å². The molecule has 1 amide bonds. The van der Waals surface area contributed by atoms with Crippen LogP contribution < -0.4 is 5.32 Å². The molecule has 4 heteroatoms. The van der Waals surface area contributed by atoms with E-state index < -0.39 is 0 Å². The van der Waals surface area contributed by atoms with Crippen LogP contribution in [-0.2, 0) is 11.3 Å². The van der Waals surface area contributed by atoms with Crippen molar-refractivity contribution in [1.29, 1.82) is 0 Å². The Labute approximate surface area is 132 Å². The second kappa shape index (κ2) is 8.40. The molecule has 0 saturated carbocycles. The minimum Gasteiger partial charge on any atom is -0.340 e. The van der Waals surface area contributed by atoms with E-state index in [1.54, 1.807) is 0 Å². The molecule has 1 aliphatic heterocycles. The standard InChI is InChI=1S/C17H25ClN2O/c1-2-15-8-5-6-12-20(15)17(21)10-11-19-13-14-7-3-4-9-16(14)18/h3-4,7,9,15,19H,2,5-6,8,10-13H2,1H3. The van der Waals surface area contributed by atoms with E-state index in [0.29, 0.717) is 25.6 Å². The van der Waals surface area contributed by atoms with Crippen molar-refractivity contribution < 1.29 is 4.79 Å². The SMILES string of the molecule is CCC1CCCCN1C(=O)CCNCc1ccccc1Cl. The molecule has 1 N–H and O–H groups in total. The molecule has 0 aromatic heterocycles. The fraction of sp³-hybridized carbons (Fsp3) is 0.588. The molecule has 2 rings (SSSR count). The number of hydrogen-bond acceptors (Lipinski definition) is 2. The van der Waals surface area contributed by atoms with Gasteiger partial charge in [0.15, 0.2) is 0 Å². The average Bonchev–Trinajstić information content (AvgIpc) is 2.52. The van der Waals surface area contributed by atoms with Gasteiger partial charge >= 0.3 is 0 Å². The molecule has 1 aromatic carbocycles. The summed E-state index contributed by atoms with van der Waals surface area (Å²) in [5.41, 5.74) is 1.08. The Kier molecular flexibility index (Phi) is 6.52. The zero-order chi connectivity index (χ0) is 15.1. The van der Waals surface area contributed by atoms with E-state index in [1.165, 1.54) is 6.42 Å². The molecular weight excluding hydrogens is 284 g/mol. The molecule has 0 radical (unpaired) electrons. The summed E-state index contributed by atoms with van der Waals surface area (Å²) in [6.07, 6.45) is 5.21. The molecule has 1 aliphatic rings. The number of hydrogen-bond donors (Lipinski definition) is 1. The predicted molar refractivity (Wildman–Crippen MR) is 87.4 cm³/mol. The number of benzene rings is 1. The summed E-state index contributed by atoms with van der Waals surface area (Å²) in [4.78, 5) is 14.4. The van der Waals surface area contributed by atoms with Crippen LogP contribution in [0, 0.1) is 0 Å². The number of halogens is 1. The molecule has 1 fully saturated rings. The Morgan fingerprint density at radius 1 is 1.38 bits per heavy atom. The topological polar surface area (TPSA) is 32.3 Å². The number of carbonyl (C=O) groups excluding carboxylic acids is 1. The molecule has 1 atom stereocenters. The molecule has 1 saturated heterocycles. The second-order valence-corrected chi connectivity index (χ2v) is 6.07. The lowest BCUT2D eigenvalue weighted by Gasteiger charge is -2.35. The minimum absolute atomic E-state index is 0.285. The highest BCUT2D eigenvalue weighted by molar-refractivity contribution is 6.31. The number of piperidine rings is 1. The van der Waals surface area contributed by atoms with Crippen molar-refractivity contribution in [3.05, 3.63) is 34.9 Å². The Hall–Kier alpha value is -1.06. The van der Waals surface area contributed by atoms with Crippen LogP contribution in [-0.4, -0.2) is 29.9 Å². The van der Waals surface area contributed by atoms with Crippen LogP contribution in [0.25, 0.3) is 0 Å². The van der Waals surface area contributed by atoms with Gasteiger partial charge in [-0.25, -0.2) is 0 Å². The molecular formula is C17H25ClN2O. The quantitative estimate of drug-likeness (QED) is 0.814. The maximum absolute atomic E-state index is 12.3. The fourth-order valence-corrected chi connectivity index (χ4v) is 3.16. The summed E-state index contributed by atoms with van der Waals surface area (Å²) in [5, 5.41) is 4.09. The summed E-state index contributed by atoms with van der Waals surface area (Å²) in [6, 6.07) is 8.26. The molecule has 3 nitrogen and oxygen atoms in total. The minimum atomic E-state index is 0.285. The number of carbonyl (C=O) groups is 1. The van der Waals surface area contributed by atoms with Crippen molar-refractivity contribution in [2.24, 2.45) is 0 Å². The number of amides is 1. The normalized spacial score (nSPS) is 18.8. The maximum atomic E-state index is 12.3. The lowest BCUT2D eigenvalue weighted by Crippen LogP contribution is -2.44. The molecule has 21 heavy (non-hydrogen) atoms. The van der Waals surface area contributed by atoms with Gasteiger partial charge in [0, 0.05) is 37.1 Å². The first kappa shape index (κ1) is 16.3. The van der Waals surface area contributed by atoms with Gasteiger partial charge in [0.25, 0.3) is 0 Å². The Balaban J connectivity index is 1.73. The van der Waals surface area contributed by atoms with Crippen LogP contribution >= 0.6 is 11.6 Å². The van der Waals surface area contributed by atoms with Gasteiger partial charge in [-0.15, -0.1) is 0 Å². The van der Waals surface area contributed by atoms with Crippen LogP contribution in [0.1, 0.15) is 44.6 Å². The lowest BCUT2D eigenvalue weighted by atomic mass is 9.99. The van der Waals surface area contributed by atoms with Crippen molar-refractivity contribution in [1.82, 2.24) is 10.2 Å². The fourth-order valence-electron chi connectivity index (χ4n) is 2.96. The smallest absolute Gasteiger partial charge is 0.224 e. The maximum Gasteiger partial charge on any atom is 0.224 e. The molecule has 0 aliphatic carbocycles. The Morgan fingerprint density at radius 3 is 2.95 bits per heavy atom. The first-order valence-electron chi connectivity index (χ1n) is 7.96. The van der Waals surface area contributed by atoms with E-state index in [1.807, 2.05) is 24.3 Å². The van der Waals surface area contributed by atoms with E-state index in [-0.39, 0.29) is 5.91 Å². The zero-order valence-electron chi connectivity index (χ0n) is 12.8. The third-order valence-electron chi connectivity index (χ3n) is 4.21. The highest BCUT2D eigenvalue weighted by Gasteiger charge is 2.24. The van der Waals surface area contributed by atoms with E-state index in [2.05, 4.69) is 17.1 Å². The molecule has 1 heterocycles. The van der Waals surface area contributed by atoms with Crippen molar-refractivity contribution in [2.75, 3.05) is 13.1 Å². The van der Waals surface area contributed by atoms with Gasteiger partial charge in [-0.05, 0) is 37.3 Å². The summed E-state index contributed by atoms with van der Waals surface area (Å²) < 4.78 is 0. The van der Waals surface area contributed by atoms with E-state index in [9.17, 15) is 4.79 Å². The second-order valence-electron chi connectivity index (χ2n) is 5.66. The van der Waals surface area contributed by atoms with Crippen LogP contribution in [0.4, 0.5) is 0 Å². The van der Waals surface area contributed by atoms with Crippen molar-refractivity contribution in [3.8, 4) is 0 Å². The first-order valence-corrected chi connectivity index (χ1v) is 8.33. The van der Waals surface area contributed by atoms with Gasteiger partial charge < -0.3 is 10.2 Å². The molecule has 1 unspecified atom stereocenters. The summed E-state index contributed by atoms with van der Waals surface area (Å²) in [5.74, 6) is 0.285. The van der Waals surface area contributed by atoms with Crippen molar-refractivity contribution >= 4 is 17.5 Å². The largest absolute Gasteiger partial charge is 0.340 e. The number of nitrogens with zero attached hydrogens (tertiary/aromatic N) is 1. The highest BCUT2D eigenvalue weighted by atomic mass is 35.5. The van der Waals surface area contributed by atoms with E-state index in [4.69, 9.17) is 11.6 Å². The predicted octanol–water partition coefficient (Wildman–Crippen LogP) is 3.61. The Bertz CT molecular complexity index is 464. The number of likely N-dealkylation sites (tertiary alicyclic amines) is 1. The highest BCUT2D eigenvalue weighted by Crippen LogP contribution is 2.20. The first-order chi connectivity index (χ1) is 10.2. The summed E-state index contributed by atoms with van der Waals surface area (Å²) >= 11 is 6.11. The van der Waals surface area contributed by atoms with Gasteiger partial charge in [-0.1, -0.05) is 36.7 Å². The molecule has 116 valence electrons. The van der Waals surface area contributed by atoms with Crippen LogP contribution in [0.5, 0.6) is 0 Å². The zero-order valence-corrected chi connectivity index (χ0v) is 13.5. The number of rotatable bonds is 6. The third-order valence-corrected chi connectivity index (χ3v) is 4.58. The lowest BCUT2D eigenvalue weighted by molar-refractivity contribution is -0.134. The Morgan fingerprint density at radius 2 is 2.19 bits per heavy atom. The van der Waals surface area contributed by atoms with Crippen LogP contribution in [0.3, 0.4) is 0 Å². The van der Waals surface area contributed by atoms with Crippen molar-refractivity contribution in [2.45, 2.75) is 51.6 Å². The molecule has 0 bridgehead atoms. The van der Waals surface area contributed by atoms with Crippen molar-refractivity contribution in [3.63, 3.8) is 0 Å². The monoisotopic (exact) mass is 308 g/mol. The number of nitrogens with one attached hydrogen (secondary N) is 1.